The second-order valence-corrected chi connectivity index (χ2v) is 2.76. The third-order valence-corrected chi connectivity index (χ3v) is 1.47. The summed E-state index contributed by atoms with van der Waals surface area (Å²) >= 11 is 0. The Balaban J connectivity index is 4.80. The molecule has 0 aromatic heterocycles. The van der Waals surface area contributed by atoms with Crippen molar-refractivity contribution < 1.29 is 29.3 Å². The number of carboxylic acid groups (broad SMARTS) is 1. The van der Waals surface area contributed by atoms with Crippen molar-refractivity contribution in [1.82, 2.24) is 0 Å². The molecule has 6 heteroatoms. The molecular weight excluding hydrogens is 192 g/mol. The molecule has 0 amide bonds. The zero-order chi connectivity index (χ0) is 11.4. The van der Waals surface area contributed by atoms with Crippen molar-refractivity contribution in [2.24, 2.45) is 0 Å². The summed E-state index contributed by atoms with van der Waals surface area (Å²) in [7, 11) is 0. The molecule has 1 atom stereocenters. The number of Topliss-reactive ketones (excluding diaryl/α,β-unsaturated/α-hetero) is 1. The van der Waals surface area contributed by atoms with Crippen LogP contribution in [0.5, 0.6) is 0 Å². The summed E-state index contributed by atoms with van der Waals surface area (Å²) in [5, 5.41) is 17.9. The topological polar surface area (TPSA) is 101 Å². The first-order valence-corrected chi connectivity index (χ1v) is 3.97. The van der Waals surface area contributed by atoms with Crippen molar-refractivity contribution in [3.05, 3.63) is 0 Å². The Bertz CT molecular complexity index is 259. The lowest BCUT2D eigenvalue weighted by molar-refractivity contribution is -0.181. The highest BCUT2D eigenvalue weighted by Gasteiger charge is 2.46. The average molecular weight is 204 g/mol. The summed E-state index contributed by atoms with van der Waals surface area (Å²) in [6.45, 7) is 2.48. The normalized spacial score (nSPS) is 14.2. The van der Waals surface area contributed by atoms with Gasteiger partial charge >= 0.3 is 11.9 Å². The van der Waals surface area contributed by atoms with E-state index in [2.05, 4.69) is 4.74 Å². The van der Waals surface area contributed by atoms with Crippen LogP contribution >= 0.6 is 0 Å². The Kier molecular flexibility index (Phi) is 4.23. The molecule has 14 heavy (non-hydrogen) atoms. The lowest BCUT2D eigenvalue weighted by atomic mass is 9.98. The zero-order valence-electron chi connectivity index (χ0n) is 7.94. The summed E-state index contributed by atoms with van der Waals surface area (Å²) in [4.78, 5) is 32.2. The number of hydrogen-bond donors (Lipinski definition) is 2. The number of ether oxygens (including phenoxy) is 1. The van der Waals surface area contributed by atoms with Crippen molar-refractivity contribution in [3.8, 4) is 0 Å². The van der Waals surface area contributed by atoms with Gasteiger partial charge in [0.05, 0.1) is 13.0 Å². The number of aliphatic hydroxyl groups is 1. The first-order valence-electron chi connectivity index (χ1n) is 3.97. The fourth-order valence-corrected chi connectivity index (χ4v) is 0.846. The van der Waals surface area contributed by atoms with Gasteiger partial charge in [-0.2, -0.15) is 0 Å². The number of carbonyl (C=O) groups is 3. The largest absolute Gasteiger partial charge is 0.479 e. The average Bonchev–Trinajstić information content (AvgIpc) is 2.02. The van der Waals surface area contributed by atoms with Gasteiger partial charge in [-0.1, -0.05) is 0 Å². The fraction of sp³-hybridized carbons (Fsp3) is 0.625. The molecule has 6 nitrogen and oxygen atoms in total. The summed E-state index contributed by atoms with van der Waals surface area (Å²) in [6.07, 6.45) is -0.791. The van der Waals surface area contributed by atoms with Crippen LogP contribution in [0.15, 0.2) is 0 Å². The van der Waals surface area contributed by atoms with Crippen LogP contribution in [0.1, 0.15) is 20.3 Å². The maximum atomic E-state index is 11.0. The molecule has 1 unspecified atom stereocenters. The molecule has 2 N–H and O–H groups in total. The molecule has 0 aromatic rings. The van der Waals surface area contributed by atoms with Crippen LogP contribution in [0, 0.1) is 0 Å². The quantitative estimate of drug-likeness (QED) is 0.455. The smallest absolute Gasteiger partial charge is 0.350 e. The maximum absolute atomic E-state index is 11.0. The van der Waals surface area contributed by atoms with Gasteiger partial charge in [-0.3, -0.25) is 4.79 Å². The van der Waals surface area contributed by atoms with Crippen molar-refractivity contribution in [2.45, 2.75) is 25.9 Å². The lowest BCUT2D eigenvalue weighted by Gasteiger charge is -2.19. The van der Waals surface area contributed by atoms with Gasteiger partial charge in [0.1, 0.15) is 5.78 Å². The van der Waals surface area contributed by atoms with Crippen molar-refractivity contribution in [1.29, 1.82) is 0 Å². The highest BCUT2D eigenvalue weighted by molar-refractivity contribution is 6.05. The van der Waals surface area contributed by atoms with Crippen LogP contribution in [0.3, 0.4) is 0 Å². The Labute approximate surface area is 80.5 Å². The van der Waals surface area contributed by atoms with Crippen LogP contribution in [0.4, 0.5) is 0 Å². The number of carboxylic acids is 1. The molecule has 0 heterocycles. The van der Waals surface area contributed by atoms with Crippen molar-refractivity contribution in [2.75, 3.05) is 6.61 Å². The minimum atomic E-state index is -2.76. The number of aliphatic carboxylic acids is 1. The van der Waals surface area contributed by atoms with Crippen LogP contribution < -0.4 is 0 Å². The summed E-state index contributed by atoms with van der Waals surface area (Å²) in [5.74, 6) is -3.71. The SMILES string of the molecule is CCOC(=O)C(O)(CC(C)=O)C(=O)O. The first-order chi connectivity index (χ1) is 6.34. The Morgan fingerprint density at radius 2 is 1.86 bits per heavy atom. The van der Waals surface area contributed by atoms with Crippen molar-refractivity contribution >= 4 is 17.7 Å². The molecular formula is C8H12O6. The Morgan fingerprint density at radius 1 is 1.36 bits per heavy atom. The van der Waals surface area contributed by atoms with Crippen LogP contribution in [0.25, 0.3) is 0 Å². The fourth-order valence-electron chi connectivity index (χ4n) is 0.846. The van der Waals surface area contributed by atoms with Gasteiger partial charge in [0.25, 0.3) is 5.60 Å². The highest BCUT2D eigenvalue weighted by Crippen LogP contribution is 2.13. The Hall–Kier alpha value is -1.43. The minimum absolute atomic E-state index is 0.0632. The third kappa shape index (κ3) is 2.81. The molecule has 0 saturated carbocycles. The van der Waals surface area contributed by atoms with E-state index >= 15 is 0 Å². The van der Waals surface area contributed by atoms with E-state index in [1.807, 2.05) is 0 Å². The van der Waals surface area contributed by atoms with E-state index in [4.69, 9.17) is 5.11 Å². The van der Waals surface area contributed by atoms with E-state index in [1.165, 1.54) is 6.92 Å². The van der Waals surface area contributed by atoms with Gasteiger partial charge in [0.15, 0.2) is 0 Å². The van der Waals surface area contributed by atoms with Gasteiger partial charge in [-0.25, -0.2) is 9.59 Å². The van der Waals surface area contributed by atoms with Crippen LogP contribution in [-0.4, -0.2) is 40.1 Å². The predicted molar refractivity (Wildman–Crippen MR) is 44.5 cm³/mol. The number of rotatable bonds is 5. The predicted octanol–water partition coefficient (Wildman–Crippen LogP) is -0.656. The number of esters is 1. The van der Waals surface area contributed by atoms with E-state index in [9.17, 15) is 19.5 Å². The number of ketones is 1. The third-order valence-electron chi connectivity index (χ3n) is 1.47. The van der Waals surface area contributed by atoms with Gasteiger partial charge < -0.3 is 14.9 Å². The molecule has 0 saturated heterocycles. The summed E-state index contributed by atoms with van der Waals surface area (Å²) in [5.41, 5.74) is -2.76. The second-order valence-electron chi connectivity index (χ2n) is 2.76. The monoisotopic (exact) mass is 204 g/mol. The molecule has 0 aromatic carbocycles. The van der Waals surface area contributed by atoms with Gasteiger partial charge in [-0.15, -0.1) is 0 Å². The maximum Gasteiger partial charge on any atom is 0.350 e. The molecule has 0 aliphatic rings. The van der Waals surface area contributed by atoms with Crippen LogP contribution in [-0.2, 0) is 19.1 Å². The number of carbonyl (C=O) groups excluding carboxylic acids is 2. The van der Waals surface area contributed by atoms with E-state index in [0.29, 0.717) is 0 Å². The first kappa shape index (κ1) is 12.6. The van der Waals surface area contributed by atoms with Gasteiger partial charge in [-0.05, 0) is 13.8 Å². The second kappa shape index (κ2) is 4.71. The molecule has 0 spiro atoms. The van der Waals surface area contributed by atoms with Gasteiger partial charge in [0, 0.05) is 0 Å². The number of hydrogen-bond acceptors (Lipinski definition) is 5. The van der Waals surface area contributed by atoms with Gasteiger partial charge in [0.2, 0.25) is 0 Å². The molecule has 0 aliphatic heterocycles. The molecule has 0 rings (SSSR count). The zero-order valence-corrected chi connectivity index (χ0v) is 7.94. The van der Waals surface area contributed by atoms with E-state index < -0.39 is 29.7 Å². The van der Waals surface area contributed by atoms with Crippen LogP contribution in [0.2, 0.25) is 0 Å². The highest BCUT2D eigenvalue weighted by atomic mass is 16.6. The van der Waals surface area contributed by atoms with E-state index in [1.54, 1.807) is 0 Å². The Morgan fingerprint density at radius 3 is 2.14 bits per heavy atom. The van der Waals surface area contributed by atoms with E-state index in [-0.39, 0.29) is 6.61 Å². The summed E-state index contributed by atoms with van der Waals surface area (Å²) in [6, 6.07) is 0. The molecule has 0 aliphatic carbocycles. The standard InChI is InChI=1S/C8H12O6/c1-3-14-7(12)8(13,6(10)11)4-5(2)9/h13H,3-4H2,1-2H3,(H,10,11). The minimum Gasteiger partial charge on any atom is -0.479 e. The summed E-state index contributed by atoms with van der Waals surface area (Å²) < 4.78 is 4.35. The molecule has 80 valence electrons. The van der Waals surface area contributed by atoms with Crippen molar-refractivity contribution in [3.63, 3.8) is 0 Å². The van der Waals surface area contributed by atoms with E-state index in [0.717, 1.165) is 6.92 Å². The molecule has 0 fully saturated rings. The molecule has 0 bridgehead atoms. The molecule has 0 radical (unpaired) electrons. The lowest BCUT2D eigenvalue weighted by Crippen LogP contribution is -2.49.